The molecule has 0 radical (unpaired) electrons. The molecule has 4 N–H and O–H groups in total. The monoisotopic (exact) mass is 333 g/mol. The van der Waals surface area contributed by atoms with Crippen molar-refractivity contribution in [3.63, 3.8) is 0 Å². The third-order valence-electron chi connectivity index (χ3n) is 5.25. The van der Waals surface area contributed by atoms with Gasteiger partial charge in [-0.3, -0.25) is 4.48 Å². The predicted octanol–water partition coefficient (Wildman–Crippen LogP) is 2.30. The molecule has 0 heterocycles. The number of nitrogens with zero attached hydrogens (tertiary/aromatic N) is 1. The molecule has 0 saturated heterocycles. The molecular formula is C18H41N2O3+. The molecule has 0 aromatic heterocycles. The van der Waals surface area contributed by atoms with E-state index in [0.29, 0.717) is 11.0 Å². The number of nitrogens with two attached hydrogens (primary N) is 1. The van der Waals surface area contributed by atoms with Gasteiger partial charge in [-0.1, -0.05) is 27.2 Å². The molecule has 0 aromatic carbocycles. The zero-order valence-corrected chi connectivity index (χ0v) is 16.3. The second-order valence-corrected chi connectivity index (χ2v) is 7.55. The minimum Gasteiger partial charge on any atom is -0.387 e. The van der Waals surface area contributed by atoms with Gasteiger partial charge in [-0.05, 0) is 39.0 Å². The molecule has 0 aliphatic heterocycles. The lowest BCUT2D eigenvalue weighted by Crippen LogP contribution is -2.65. The minimum absolute atomic E-state index is 0.0837. The summed E-state index contributed by atoms with van der Waals surface area (Å²) in [7, 11) is 3.48. The summed E-state index contributed by atoms with van der Waals surface area (Å²) in [6.07, 6.45) is 2.43. The summed E-state index contributed by atoms with van der Waals surface area (Å²) in [6, 6.07) is 0.0650. The largest absolute Gasteiger partial charge is 0.387 e. The van der Waals surface area contributed by atoms with Crippen molar-refractivity contribution in [3.8, 4) is 0 Å². The van der Waals surface area contributed by atoms with E-state index in [9.17, 15) is 10.2 Å². The molecule has 6 atom stereocenters. The van der Waals surface area contributed by atoms with Crippen molar-refractivity contribution in [3.05, 3.63) is 0 Å². The van der Waals surface area contributed by atoms with Crippen LogP contribution in [0.2, 0.25) is 0 Å². The summed E-state index contributed by atoms with van der Waals surface area (Å²) in [5.41, 5.74) is 5.91. The van der Waals surface area contributed by atoms with Crippen LogP contribution in [0.5, 0.6) is 0 Å². The highest BCUT2D eigenvalue weighted by Crippen LogP contribution is 2.31. The van der Waals surface area contributed by atoms with Crippen LogP contribution in [0.4, 0.5) is 0 Å². The fourth-order valence-corrected chi connectivity index (χ4v) is 3.79. The molecule has 0 fully saturated rings. The summed E-state index contributed by atoms with van der Waals surface area (Å²) in [5.74, 6) is 0.431. The van der Waals surface area contributed by atoms with Crippen molar-refractivity contribution in [1.29, 1.82) is 0 Å². The molecule has 5 heteroatoms. The molecule has 0 bridgehead atoms. The summed E-state index contributed by atoms with van der Waals surface area (Å²) in [5, 5.41) is 21.6. The SMILES string of the molecule is CCCC(CCC(C)N)C(O)C(C(C)C)[N+](C)(CC)C(O)OC. The Labute approximate surface area is 143 Å². The Hall–Kier alpha value is -0.200. The number of ether oxygens (including phenoxy) is 1. The van der Waals surface area contributed by atoms with Crippen molar-refractivity contribution >= 4 is 0 Å². The van der Waals surface area contributed by atoms with E-state index in [2.05, 4.69) is 20.8 Å². The Morgan fingerprint density at radius 3 is 1.96 bits per heavy atom. The molecular weight excluding hydrogens is 292 g/mol. The Kier molecular flexibility index (Phi) is 10.5. The molecule has 0 aliphatic carbocycles. The second-order valence-electron chi connectivity index (χ2n) is 7.55. The van der Waals surface area contributed by atoms with Crippen LogP contribution in [0, 0.1) is 11.8 Å². The van der Waals surface area contributed by atoms with Crippen LogP contribution in [-0.2, 0) is 4.74 Å². The number of hydrogen-bond acceptors (Lipinski definition) is 4. The average molecular weight is 334 g/mol. The lowest BCUT2D eigenvalue weighted by molar-refractivity contribution is -1.00. The molecule has 23 heavy (non-hydrogen) atoms. The Balaban J connectivity index is 5.44. The van der Waals surface area contributed by atoms with Crippen LogP contribution in [0.25, 0.3) is 0 Å². The molecule has 5 nitrogen and oxygen atoms in total. The predicted molar refractivity (Wildman–Crippen MR) is 95.7 cm³/mol. The van der Waals surface area contributed by atoms with Crippen LogP contribution in [0.3, 0.4) is 0 Å². The first-order valence-corrected chi connectivity index (χ1v) is 9.14. The van der Waals surface area contributed by atoms with Gasteiger partial charge < -0.3 is 20.7 Å². The fourth-order valence-electron chi connectivity index (χ4n) is 3.79. The second kappa shape index (κ2) is 10.6. The Morgan fingerprint density at radius 1 is 1.04 bits per heavy atom. The van der Waals surface area contributed by atoms with E-state index in [1.807, 2.05) is 20.9 Å². The zero-order chi connectivity index (χ0) is 18.2. The van der Waals surface area contributed by atoms with E-state index in [0.717, 1.165) is 25.7 Å². The quantitative estimate of drug-likeness (QED) is 0.378. The van der Waals surface area contributed by atoms with E-state index < -0.39 is 12.5 Å². The maximum atomic E-state index is 11.2. The van der Waals surface area contributed by atoms with Crippen molar-refractivity contribution < 1.29 is 19.4 Å². The number of methoxy groups -OCH3 is 1. The van der Waals surface area contributed by atoms with Gasteiger partial charge >= 0.3 is 6.41 Å². The lowest BCUT2D eigenvalue weighted by Gasteiger charge is -2.48. The van der Waals surface area contributed by atoms with E-state index in [4.69, 9.17) is 10.5 Å². The van der Waals surface area contributed by atoms with Crippen molar-refractivity contribution in [2.24, 2.45) is 17.6 Å². The van der Waals surface area contributed by atoms with Gasteiger partial charge in [0.25, 0.3) is 0 Å². The average Bonchev–Trinajstić information content (AvgIpc) is 2.49. The third-order valence-corrected chi connectivity index (χ3v) is 5.25. The van der Waals surface area contributed by atoms with Gasteiger partial charge in [0, 0.05) is 19.1 Å². The van der Waals surface area contributed by atoms with E-state index in [1.54, 1.807) is 0 Å². The molecule has 0 saturated carbocycles. The normalized spacial score (nSPS) is 21.5. The summed E-state index contributed by atoms with van der Waals surface area (Å²) in [4.78, 5) is 0. The number of hydrogen-bond donors (Lipinski definition) is 3. The molecule has 0 aliphatic rings. The van der Waals surface area contributed by atoms with Crippen LogP contribution in [0.1, 0.15) is 60.3 Å². The summed E-state index contributed by atoms with van der Waals surface area (Å²) >= 11 is 0. The van der Waals surface area contributed by atoms with Gasteiger partial charge in [-0.15, -0.1) is 0 Å². The molecule has 0 amide bonds. The smallest absolute Gasteiger partial charge is 0.306 e. The van der Waals surface area contributed by atoms with Crippen molar-refractivity contribution in [2.45, 2.75) is 84.9 Å². The number of aliphatic hydroxyl groups excluding tert-OH is 2. The van der Waals surface area contributed by atoms with Gasteiger partial charge in [0.2, 0.25) is 0 Å². The van der Waals surface area contributed by atoms with E-state index in [-0.39, 0.29) is 23.9 Å². The third kappa shape index (κ3) is 6.31. The lowest BCUT2D eigenvalue weighted by atomic mass is 9.82. The highest BCUT2D eigenvalue weighted by molar-refractivity contribution is 4.81. The van der Waals surface area contributed by atoms with E-state index >= 15 is 0 Å². The van der Waals surface area contributed by atoms with Crippen LogP contribution < -0.4 is 5.73 Å². The topological polar surface area (TPSA) is 75.7 Å². The van der Waals surface area contributed by atoms with Gasteiger partial charge in [-0.25, -0.2) is 0 Å². The standard InChI is InChI=1S/C18H41N2O3/c1-8-10-15(12-11-14(5)19)17(21)16(13(3)4)20(6,9-2)18(22)23-7/h13-18,21-22H,8-12,19H2,1-7H3/q+1. The molecule has 0 rings (SSSR count). The van der Waals surface area contributed by atoms with Crippen molar-refractivity contribution in [1.82, 2.24) is 0 Å². The zero-order valence-electron chi connectivity index (χ0n) is 16.3. The first kappa shape index (κ1) is 22.8. The van der Waals surface area contributed by atoms with Crippen LogP contribution >= 0.6 is 0 Å². The highest BCUT2D eigenvalue weighted by atomic mass is 16.6. The van der Waals surface area contributed by atoms with Crippen LogP contribution in [-0.4, -0.2) is 60.0 Å². The van der Waals surface area contributed by atoms with Gasteiger partial charge in [-0.2, -0.15) is 0 Å². The number of likely N-dealkylation sites (N-methyl/N-ethyl adjacent to an activating group) is 1. The van der Waals surface area contributed by atoms with Gasteiger partial charge in [0.05, 0.1) is 13.6 Å². The number of quaternary nitrogens is 1. The summed E-state index contributed by atoms with van der Waals surface area (Å²) < 4.78 is 5.52. The molecule has 140 valence electrons. The molecule has 0 aromatic rings. The first-order chi connectivity index (χ1) is 10.6. The maximum Gasteiger partial charge on any atom is 0.306 e. The highest BCUT2D eigenvalue weighted by Gasteiger charge is 2.46. The van der Waals surface area contributed by atoms with E-state index in [1.165, 1.54) is 7.11 Å². The fraction of sp³-hybridized carbons (Fsp3) is 1.00. The van der Waals surface area contributed by atoms with Crippen LogP contribution in [0.15, 0.2) is 0 Å². The van der Waals surface area contributed by atoms with Gasteiger partial charge in [0.15, 0.2) is 0 Å². The molecule has 0 spiro atoms. The van der Waals surface area contributed by atoms with Gasteiger partial charge in [0.1, 0.15) is 12.1 Å². The first-order valence-electron chi connectivity index (χ1n) is 9.14. The molecule has 6 unspecified atom stereocenters. The minimum atomic E-state index is -0.933. The number of rotatable bonds is 12. The summed E-state index contributed by atoms with van der Waals surface area (Å²) in [6.45, 7) is 11.1. The Bertz CT molecular complexity index is 313. The number of aliphatic hydroxyl groups is 2. The Morgan fingerprint density at radius 2 is 1.61 bits per heavy atom. The van der Waals surface area contributed by atoms with Crippen molar-refractivity contribution in [2.75, 3.05) is 20.7 Å². The maximum absolute atomic E-state index is 11.2.